The first kappa shape index (κ1) is 15.7. The molecule has 0 saturated carbocycles. The molecule has 0 radical (unpaired) electrons. The number of hydrogen-bond acceptors (Lipinski definition) is 2. The van der Waals surface area contributed by atoms with Crippen molar-refractivity contribution < 1.29 is 4.79 Å². The molecule has 106 valence electrons. The molecule has 3 nitrogen and oxygen atoms in total. The molecule has 0 aliphatic heterocycles. The Morgan fingerprint density at radius 3 is 2.53 bits per heavy atom. The van der Waals surface area contributed by atoms with Crippen molar-refractivity contribution in [2.24, 2.45) is 11.7 Å². The molecule has 0 heterocycles. The van der Waals surface area contributed by atoms with E-state index < -0.39 is 0 Å². The quantitative estimate of drug-likeness (QED) is 0.855. The largest absolute Gasteiger partial charge is 0.349 e. The summed E-state index contributed by atoms with van der Waals surface area (Å²) in [6, 6.07) is 6.20. The fourth-order valence-corrected chi connectivity index (χ4v) is 1.96. The van der Waals surface area contributed by atoms with Crippen LogP contribution < -0.4 is 11.1 Å². The maximum atomic E-state index is 12.2. The zero-order chi connectivity index (χ0) is 14.6. The monoisotopic (exact) mass is 262 g/mol. The number of rotatable bonds is 5. The molecule has 1 rings (SSSR count). The number of nitrogens with two attached hydrogens (primary N) is 1. The third-order valence-corrected chi connectivity index (χ3v) is 3.98. The summed E-state index contributed by atoms with van der Waals surface area (Å²) < 4.78 is 0. The van der Waals surface area contributed by atoms with Gasteiger partial charge in [-0.1, -0.05) is 37.6 Å². The van der Waals surface area contributed by atoms with Crippen molar-refractivity contribution in [2.45, 2.75) is 46.6 Å². The lowest BCUT2D eigenvalue weighted by Gasteiger charge is -2.33. The van der Waals surface area contributed by atoms with Gasteiger partial charge in [0.2, 0.25) is 5.91 Å². The molecule has 19 heavy (non-hydrogen) atoms. The molecule has 0 aliphatic rings. The Bertz CT molecular complexity index is 454. The average Bonchev–Trinajstić information content (AvgIpc) is 2.33. The van der Waals surface area contributed by atoms with Gasteiger partial charge in [-0.3, -0.25) is 4.79 Å². The van der Waals surface area contributed by atoms with Crippen molar-refractivity contribution in [3.05, 3.63) is 34.9 Å². The van der Waals surface area contributed by atoms with Gasteiger partial charge in [-0.25, -0.2) is 0 Å². The average molecular weight is 262 g/mol. The molecule has 1 amide bonds. The predicted octanol–water partition coefficient (Wildman–Crippen LogP) is 2.34. The number of carbonyl (C=O) groups is 1. The Morgan fingerprint density at radius 1 is 1.37 bits per heavy atom. The fraction of sp³-hybridized carbons (Fsp3) is 0.562. The standard InChI is InChI=1S/C16H26N2O/c1-11(2)16(5,10-17)18-15(19)9-14-8-12(3)6-7-13(14)4/h6-8,11H,9-10,17H2,1-5H3,(H,18,19). The number of hydrogen-bond donors (Lipinski definition) is 2. The first-order valence-electron chi connectivity index (χ1n) is 6.85. The van der Waals surface area contributed by atoms with E-state index in [1.807, 2.05) is 20.8 Å². The summed E-state index contributed by atoms with van der Waals surface area (Å²) in [7, 11) is 0. The van der Waals surface area contributed by atoms with E-state index in [2.05, 4.69) is 37.4 Å². The minimum atomic E-state index is -0.338. The van der Waals surface area contributed by atoms with Crippen molar-refractivity contribution in [1.29, 1.82) is 0 Å². The highest BCUT2D eigenvalue weighted by atomic mass is 16.1. The van der Waals surface area contributed by atoms with Crippen molar-refractivity contribution in [3.63, 3.8) is 0 Å². The number of nitrogens with one attached hydrogen (secondary N) is 1. The van der Waals surface area contributed by atoms with Crippen LogP contribution in [0.3, 0.4) is 0 Å². The van der Waals surface area contributed by atoms with Gasteiger partial charge in [-0.15, -0.1) is 0 Å². The molecule has 1 aromatic carbocycles. The summed E-state index contributed by atoms with van der Waals surface area (Å²) in [5.74, 6) is 0.343. The Balaban J connectivity index is 2.78. The van der Waals surface area contributed by atoms with E-state index in [0.717, 1.165) is 11.1 Å². The summed E-state index contributed by atoms with van der Waals surface area (Å²) >= 11 is 0. The molecule has 0 bridgehead atoms. The van der Waals surface area contributed by atoms with Gasteiger partial charge in [0, 0.05) is 6.54 Å². The summed E-state index contributed by atoms with van der Waals surface area (Å²) in [6.45, 7) is 10.7. The van der Waals surface area contributed by atoms with Crippen LogP contribution in [-0.2, 0) is 11.2 Å². The molecule has 0 aromatic heterocycles. The van der Waals surface area contributed by atoms with Crippen LogP contribution >= 0.6 is 0 Å². The lowest BCUT2D eigenvalue weighted by molar-refractivity contribution is -0.122. The van der Waals surface area contributed by atoms with E-state index >= 15 is 0 Å². The van der Waals surface area contributed by atoms with E-state index in [9.17, 15) is 4.79 Å². The summed E-state index contributed by atoms with van der Waals surface area (Å²) in [5.41, 5.74) is 8.87. The number of aryl methyl sites for hydroxylation is 2. The van der Waals surface area contributed by atoms with Crippen LogP contribution in [0.25, 0.3) is 0 Å². The van der Waals surface area contributed by atoms with Crippen LogP contribution in [0.2, 0.25) is 0 Å². The van der Waals surface area contributed by atoms with Gasteiger partial charge in [0.15, 0.2) is 0 Å². The van der Waals surface area contributed by atoms with Gasteiger partial charge in [0.25, 0.3) is 0 Å². The van der Waals surface area contributed by atoms with Crippen molar-refractivity contribution in [3.8, 4) is 0 Å². The Hall–Kier alpha value is -1.35. The lowest BCUT2D eigenvalue weighted by atomic mass is 9.88. The Morgan fingerprint density at radius 2 is 2.00 bits per heavy atom. The van der Waals surface area contributed by atoms with Crippen LogP contribution in [0.15, 0.2) is 18.2 Å². The molecule has 1 atom stereocenters. The van der Waals surface area contributed by atoms with Crippen molar-refractivity contribution in [2.75, 3.05) is 6.54 Å². The molecular formula is C16H26N2O. The highest BCUT2D eigenvalue weighted by Crippen LogP contribution is 2.16. The number of carbonyl (C=O) groups excluding carboxylic acids is 1. The van der Waals surface area contributed by atoms with Gasteiger partial charge in [-0.2, -0.15) is 0 Å². The van der Waals surface area contributed by atoms with E-state index in [-0.39, 0.29) is 11.4 Å². The highest BCUT2D eigenvalue weighted by molar-refractivity contribution is 5.79. The third kappa shape index (κ3) is 4.06. The molecule has 0 spiro atoms. The van der Waals surface area contributed by atoms with Crippen molar-refractivity contribution in [1.82, 2.24) is 5.32 Å². The fourth-order valence-electron chi connectivity index (χ4n) is 1.96. The summed E-state index contributed by atoms with van der Waals surface area (Å²) in [5, 5.41) is 3.07. The first-order chi connectivity index (χ1) is 8.78. The second kappa shape index (κ2) is 6.20. The van der Waals surface area contributed by atoms with Crippen LogP contribution in [0, 0.1) is 19.8 Å². The maximum absolute atomic E-state index is 12.2. The van der Waals surface area contributed by atoms with Gasteiger partial charge in [0.1, 0.15) is 0 Å². The van der Waals surface area contributed by atoms with Crippen LogP contribution in [-0.4, -0.2) is 18.0 Å². The van der Waals surface area contributed by atoms with E-state index in [1.165, 1.54) is 5.56 Å². The van der Waals surface area contributed by atoms with E-state index in [1.54, 1.807) is 0 Å². The van der Waals surface area contributed by atoms with Gasteiger partial charge in [-0.05, 0) is 37.8 Å². The minimum Gasteiger partial charge on any atom is -0.349 e. The second-order valence-corrected chi connectivity index (χ2v) is 5.93. The summed E-state index contributed by atoms with van der Waals surface area (Å²) in [4.78, 5) is 12.2. The van der Waals surface area contributed by atoms with E-state index in [4.69, 9.17) is 5.73 Å². The van der Waals surface area contributed by atoms with E-state index in [0.29, 0.717) is 18.9 Å². The number of amides is 1. The zero-order valence-corrected chi connectivity index (χ0v) is 12.7. The maximum Gasteiger partial charge on any atom is 0.224 e. The molecule has 0 aliphatic carbocycles. The topological polar surface area (TPSA) is 55.1 Å². The Kier molecular flexibility index (Phi) is 5.12. The number of benzene rings is 1. The molecule has 3 heteroatoms. The first-order valence-corrected chi connectivity index (χ1v) is 6.85. The molecular weight excluding hydrogens is 236 g/mol. The predicted molar refractivity (Wildman–Crippen MR) is 80.1 cm³/mol. The summed E-state index contributed by atoms with van der Waals surface area (Å²) in [6.07, 6.45) is 0.413. The van der Waals surface area contributed by atoms with Crippen LogP contribution in [0.1, 0.15) is 37.5 Å². The van der Waals surface area contributed by atoms with Gasteiger partial charge < -0.3 is 11.1 Å². The van der Waals surface area contributed by atoms with Crippen molar-refractivity contribution >= 4 is 5.91 Å². The van der Waals surface area contributed by atoms with Gasteiger partial charge in [0.05, 0.1) is 12.0 Å². The van der Waals surface area contributed by atoms with Gasteiger partial charge >= 0.3 is 0 Å². The minimum absolute atomic E-state index is 0.0374. The zero-order valence-electron chi connectivity index (χ0n) is 12.7. The molecule has 0 saturated heterocycles. The smallest absolute Gasteiger partial charge is 0.224 e. The molecule has 3 N–H and O–H groups in total. The lowest BCUT2D eigenvalue weighted by Crippen LogP contribution is -2.55. The van der Waals surface area contributed by atoms with Crippen LogP contribution in [0.4, 0.5) is 0 Å². The Labute approximate surface area is 116 Å². The second-order valence-electron chi connectivity index (χ2n) is 5.93. The SMILES string of the molecule is Cc1ccc(C)c(CC(=O)NC(C)(CN)C(C)C)c1. The third-order valence-electron chi connectivity index (χ3n) is 3.98. The molecule has 1 unspecified atom stereocenters. The van der Waals surface area contributed by atoms with Crippen LogP contribution in [0.5, 0.6) is 0 Å². The normalized spacial score (nSPS) is 14.3. The highest BCUT2D eigenvalue weighted by Gasteiger charge is 2.28. The molecule has 0 fully saturated rings. The molecule has 1 aromatic rings.